The Balaban J connectivity index is 2.25. The minimum Gasteiger partial charge on any atom is -0.479 e. The van der Waals surface area contributed by atoms with E-state index in [0.29, 0.717) is 17.6 Å². The van der Waals surface area contributed by atoms with Crippen LogP contribution in [0.25, 0.3) is 0 Å². The van der Waals surface area contributed by atoms with Gasteiger partial charge < -0.3 is 15.4 Å². The molecule has 1 fully saturated rings. The van der Waals surface area contributed by atoms with Crippen LogP contribution in [0.1, 0.15) is 26.2 Å². The predicted molar refractivity (Wildman–Crippen MR) is 65.9 cm³/mol. The van der Waals surface area contributed by atoms with E-state index in [1.807, 2.05) is 12.1 Å². The minimum absolute atomic E-state index is 0.523. The number of nitrogens with zero attached hydrogens (tertiary/aromatic N) is 2. The summed E-state index contributed by atoms with van der Waals surface area (Å²) >= 11 is 0. The molecule has 0 radical (unpaired) electrons. The number of piperidine rings is 1. The summed E-state index contributed by atoms with van der Waals surface area (Å²) in [5.74, 6) is 1.49. The average molecular weight is 221 g/mol. The third kappa shape index (κ3) is 2.05. The summed E-state index contributed by atoms with van der Waals surface area (Å²) in [4.78, 5) is 6.77. The molecule has 2 N–H and O–H groups in total. The lowest BCUT2D eigenvalue weighted by Gasteiger charge is -2.34. The molecule has 0 amide bonds. The number of ether oxygens (including phenoxy) is 1. The van der Waals surface area contributed by atoms with E-state index in [1.165, 1.54) is 19.3 Å². The van der Waals surface area contributed by atoms with Gasteiger partial charge in [0, 0.05) is 12.6 Å². The van der Waals surface area contributed by atoms with Gasteiger partial charge in [-0.3, -0.25) is 0 Å². The molecule has 1 aliphatic rings. The van der Waals surface area contributed by atoms with E-state index < -0.39 is 0 Å². The van der Waals surface area contributed by atoms with Crippen molar-refractivity contribution in [2.45, 2.75) is 32.2 Å². The number of aromatic nitrogens is 1. The minimum atomic E-state index is 0.523. The van der Waals surface area contributed by atoms with Gasteiger partial charge in [0.05, 0.1) is 12.8 Å². The van der Waals surface area contributed by atoms with Crippen LogP contribution >= 0.6 is 0 Å². The molecule has 1 saturated heterocycles. The van der Waals surface area contributed by atoms with Gasteiger partial charge in [0.2, 0.25) is 5.88 Å². The number of anilines is 2. The Morgan fingerprint density at radius 3 is 2.94 bits per heavy atom. The third-order valence-corrected chi connectivity index (χ3v) is 3.17. The third-order valence-electron chi connectivity index (χ3n) is 3.17. The zero-order chi connectivity index (χ0) is 11.5. The Bertz CT molecular complexity index is 367. The second-order valence-corrected chi connectivity index (χ2v) is 4.31. The maximum atomic E-state index is 5.76. The molecular formula is C12H19N3O. The van der Waals surface area contributed by atoms with Crippen molar-refractivity contribution < 1.29 is 4.74 Å². The molecule has 16 heavy (non-hydrogen) atoms. The fourth-order valence-electron chi connectivity index (χ4n) is 2.20. The first-order valence-corrected chi connectivity index (χ1v) is 5.79. The highest BCUT2D eigenvalue weighted by molar-refractivity contribution is 5.55. The number of nitrogens with two attached hydrogens (primary N) is 1. The van der Waals surface area contributed by atoms with Crippen LogP contribution in [0.3, 0.4) is 0 Å². The van der Waals surface area contributed by atoms with Gasteiger partial charge in [-0.1, -0.05) is 0 Å². The fourth-order valence-corrected chi connectivity index (χ4v) is 2.20. The maximum absolute atomic E-state index is 5.76. The zero-order valence-electron chi connectivity index (χ0n) is 9.94. The van der Waals surface area contributed by atoms with Crippen LogP contribution < -0.4 is 15.4 Å². The van der Waals surface area contributed by atoms with Gasteiger partial charge in [0.25, 0.3) is 0 Å². The number of nitrogen functional groups attached to an aromatic ring is 1. The topological polar surface area (TPSA) is 51.4 Å². The quantitative estimate of drug-likeness (QED) is 0.830. The van der Waals surface area contributed by atoms with Crippen molar-refractivity contribution in [2.75, 3.05) is 24.3 Å². The lowest BCUT2D eigenvalue weighted by Crippen LogP contribution is -2.38. The number of methoxy groups -OCH3 is 1. The first-order chi connectivity index (χ1) is 7.72. The first kappa shape index (κ1) is 11.0. The molecule has 0 bridgehead atoms. The van der Waals surface area contributed by atoms with E-state index in [1.54, 1.807) is 7.11 Å². The molecule has 1 aromatic heterocycles. The molecule has 0 aromatic carbocycles. The highest BCUT2D eigenvalue weighted by Gasteiger charge is 2.20. The molecule has 1 atom stereocenters. The molecule has 0 spiro atoms. The molecular weight excluding hydrogens is 202 g/mol. The average Bonchev–Trinajstić information content (AvgIpc) is 2.31. The normalized spacial score (nSPS) is 20.9. The van der Waals surface area contributed by atoms with Gasteiger partial charge in [-0.25, -0.2) is 0 Å². The Labute approximate surface area is 96.4 Å². The largest absolute Gasteiger partial charge is 0.479 e. The maximum Gasteiger partial charge on any atom is 0.238 e. The summed E-state index contributed by atoms with van der Waals surface area (Å²) in [6.45, 7) is 3.31. The highest BCUT2D eigenvalue weighted by atomic mass is 16.5. The van der Waals surface area contributed by atoms with Gasteiger partial charge in [-0.15, -0.1) is 0 Å². The van der Waals surface area contributed by atoms with Crippen LogP contribution in [0.4, 0.5) is 11.5 Å². The molecule has 88 valence electrons. The van der Waals surface area contributed by atoms with E-state index >= 15 is 0 Å². The van der Waals surface area contributed by atoms with E-state index in [-0.39, 0.29) is 0 Å². The number of pyridine rings is 1. The SMILES string of the molecule is COc1nc(N2CCCCC2C)ccc1N. The van der Waals surface area contributed by atoms with Gasteiger partial charge >= 0.3 is 0 Å². The van der Waals surface area contributed by atoms with Crippen LogP contribution in [0.15, 0.2) is 12.1 Å². The van der Waals surface area contributed by atoms with Crippen molar-refractivity contribution in [1.82, 2.24) is 4.98 Å². The van der Waals surface area contributed by atoms with Crippen LogP contribution in [0.5, 0.6) is 5.88 Å². The molecule has 1 aliphatic heterocycles. The monoisotopic (exact) mass is 221 g/mol. The summed E-state index contributed by atoms with van der Waals surface area (Å²) < 4.78 is 5.15. The molecule has 2 rings (SSSR count). The van der Waals surface area contributed by atoms with Crippen LogP contribution in [0, 0.1) is 0 Å². The molecule has 0 saturated carbocycles. The zero-order valence-corrected chi connectivity index (χ0v) is 9.94. The standard InChI is InChI=1S/C12H19N3O/c1-9-5-3-4-8-15(9)11-7-6-10(13)12(14-11)16-2/h6-7,9H,3-5,8,13H2,1-2H3. The fraction of sp³-hybridized carbons (Fsp3) is 0.583. The summed E-state index contributed by atoms with van der Waals surface area (Å²) in [5.41, 5.74) is 6.35. The summed E-state index contributed by atoms with van der Waals surface area (Å²) in [6.07, 6.45) is 3.77. The lowest BCUT2D eigenvalue weighted by atomic mass is 10.0. The second kappa shape index (κ2) is 4.60. The van der Waals surface area contributed by atoms with Crippen LogP contribution in [0.2, 0.25) is 0 Å². The van der Waals surface area contributed by atoms with E-state index in [2.05, 4.69) is 16.8 Å². The van der Waals surface area contributed by atoms with E-state index in [9.17, 15) is 0 Å². The van der Waals surface area contributed by atoms with Gasteiger partial charge in [-0.05, 0) is 38.3 Å². The van der Waals surface area contributed by atoms with E-state index in [4.69, 9.17) is 10.5 Å². The summed E-state index contributed by atoms with van der Waals surface area (Å²) in [6, 6.07) is 4.39. The highest BCUT2D eigenvalue weighted by Crippen LogP contribution is 2.27. The molecule has 0 aliphatic carbocycles. The van der Waals surface area contributed by atoms with E-state index in [0.717, 1.165) is 12.4 Å². The molecule has 2 heterocycles. The smallest absolute Gasteiger partial charge is 0.238 e. The first-order valence-electron chi connectivity index (χ1n) is 5.79. The van der Waals surface area contributed by atoms with Gasteiger partial charge in [0.15, 0.2) is 0 Å². The van der Waals surface area contributed by atoms with Crippen molar-refractivity contribution >= 4 is 11.5 Å². The van der Waals surface area contributed by atoms with Crippen molar-refractivity contribution in [2.24, 2.45) is 0 Å². The van der Waals surface area contributed by atoms with Crippen molar-refractivity contribution in [1.29, 1.82) is 0 Å². The van der Waals surface area contributed by atoms with Crippen LogP contribution in [-0.2, 0) is 0 Å². The Kier molecular flexibility index (Phi) is 3.17. The number of hydrogen-bond acceptors (Lipinski definition) is 4. The van der Waals surface area contributed by atoms with Crippen molar-refractivity contribution in [3.05, 3.63) is 12.1 Å². The van der Waals surface area contributed by atoms with Crippen molar-refractivity contribution in [3.8, 4) is 5.88 Å². The van der Waals surface area contributed by atoms with Gasteiger partial charge in [-0.2, -0.15) is 4.98 Å². The molecule has 4 heteroatoms. The molecule has 4 nitrogen and oxygen atoms in total. The summed E-state index contributed by atoms with van der Waals surface area (Å²) in [7, 11) is 1.60. The second-order valence-electron chi connectivity index (χ2n) is 4.31. The molecule has 1 unspecified atom stereocenters. The molecule has 1 aromatic rings. The van der Waals surface area contributed by atoms with Crippen LogP contribution in [-0.4, -0.2) is 24.7 Å². The Hall–Kier alpha value is -1.45. The Morgan fingerprint density at radius 2 is 2.25 bits per heavy atom. The number of hydrogen-bond donors (Lipinski definition) is 1. The summed E-state index contributed by atoms with van der Waals surface area (Å²) in [5, 5.41) is 0. The van der Waals surface area contributed by atoms with Gasteiger partial charge in [0.1, 0.15) is 5.82 Å². The number of rotatable bonds is 2. The van der Waals surface area contributed by atoms with Crippen molar-refractivity contribution in [3.63, 3.8) is 0 Å². The predicted octanol–water partition coefficient (Wildman–Crippen LogP) is 2.05. The Morgan fingerprint density at radius 1 is 1.44 bits per heavy atom. The lowest BCUT2D eigenvalue weighted by molar-refractivity contribution is 0.398.